The molecule has 51 heavy (non-hydrogen) atoms. The average molecular weight is 716 g/mol. The number of nitrogens with zero attached hydrogens (tertiary/aromatic N) is 4. The Morgan fingerprint density at radius 1 is 0.882 bits per heavy atom. The summed E-state index contributed by atoms with van der Waals surface area (Å²) in [5.41, 5.74) is 4.34. The minimum Gasteiger partial charge on any atom is -0.494 e. The highest BCUT2D eigenvalue weighted by molar-refractivity contribution is 7.85. The third-order valence-electron chi connectivity index (χ3n) is 8.33. The number of amides is 1. The van der Waals surface area contributed by atoms with Gasteiger partial charge in [-0.3, -0.25) is 14.2 Å². The van der Waals surface area contributed by atoms with Crippen LogP contribution in [0.2, 0.25) is 0 Å². The van der Waals surface area contributed by atoms with Crippen LogP contribution in [0.15, 0.2) is 113 Å². The molecule has 2 heterocycles. The molecule has 0 radical (unpaired) electrons. The summed E-state index contributed by atoms with van der Waals surface area (Å²) >= 11 is 0. The number of aromatic hydroxyl groups is 1. The number of esters is 1. The number of hydrogen-bond donors (Lipinski definition) is 3. The quantitative estimate of drug-likeness (QED) is 0.121. The van der Waals surface area contributed by atoms with E-state index < -0.39 is 16.1 Å². The highest BCUT2D eigenvalue weighted by atomic mass is 32.2. The predicted molar refractivity (Wildman–Crippen MR) is 197 cm³/mol. The lowest BCUT2D eigenvalue weighted by Gasteiger charge is -2.32. The molecule has 1 fully saturated rings. The largest absolute Gasteiger partial charge is 0.494 e. The van der Waals surface area contributed by atoms with Crippen LogP contribution in [0.25, 0.3) is 10.9 Å². The normalized spacial score (nSPS) is 13.8. The van der Waals surface area contributed by atoms with Gasteiger partial charge in [-0.05, 0) is 55.6 Å². The van der Waals surface area contributed by atoms with E-state index >= 15 is 0 Å². The van der Waals surface area contributed by atoms with Crippen molar-refractivity contribution >= 4 is 50.0 Å². The Morgan fingerprint density at radius 3 is 2.06 bits per heavy atom. The Bertz CT molecular complexity index is 2080. The summed E-state index contributed by atoms with van der Waals surface area (Å²) in [4.78, 5) is 38.9. The maximum atomic E-state index is 12.9. The minimum atomic E-state index is -4.00. The molecule has 0 unspecified atom stereocenters. The zero-order valence-electron chi connectivity index (χ0n) is 28.5. The van der Waals surface area contributed by atoms with Gasteiger partial charge in [0, 0.05) is 55.4 Å². The Morgan fingerprint density at radius 2 is 1.49 bits per heavy atom. The van der Waals surface area contributed by atoms with Crippen molar-refractivity contribution in [3.8, 4) is 5.88 Å². The molecule has 0 atom stereocenters. The van der Waals surface area contributed by atoms with Crippen LogP contribution in [0.4, 0.5) is 11.4 Å². The van der Waals surface area contributed by atoms with Gasteiger partial charge >= 0.3 is 5.97 Å². The molecule has 1 amide bonds. The van der Waals surface area contributed by atoms with Crippen molar-refractivity contribution in [2.45, 2.75) is 4.90 Å². The summed E-state index contributed by atoms with van der Waals surface area (Å²) < 4.78 is 34.1. The molecule has 1 aliphatic heterocycles. The number of anilines is 1. The number of hydrogen-bond acceptors (Lipinski definition) is 9. The highest BCUT2D eigenvalue weighted by Crippen LogP contribution is 2.32. The first-order chi connectivity index (χ1) is 23.9. The molecule has 4 aromatic carbocycles. The van der Waals surface area contributed by atoms with Crippen molar-refractivity contribution in [3.63, 3.8) is 0 Å². The number of carbonyl (C=O) groups excluding carboxylic acids is 2. The number of carbonyl (C=O) groups is 2. The monoisotopic (exact) mass is 715 g/mol. The summed E-state index contributed by atoms with van der Waals surface area (Å²) in [6, 6.07) is 29.6. The van der Waals surface area contributed by atoms with Crippen molar-refractivity contribution in [2.75, 3.05) is 58.8 Å². The summed E-state index contributed by atoms with van der Waals surface area (Å²) in [6.45, 7) is 4.09. The molecule has 1 saturated heterocycles. The number of fused-ring (bicyclic) bond motifs is 1. The topological polar surface area (TPSA) is 187 Å². The molecule has 1 aromatic heterocycles. The van der Waals surface area contributed by atoms with Crippen molar-refractivity contribution in [1.82, 2.24) is 14.8 Å². The van der Waals surface area contributed by atoms with Crippen LogP contribution in [0.5, 0.6) is 5.88 Å². The van der Waals surface area contributed by atoms with Gasteiger partial charge in [0.25, 0.3) is 10.1 Å². The lowest BCUT2D eigenvalue weighted by molar-refractivity contribution is -0.119. The first kappa shape index (κ1) is 38.4. The summed E-state index contributed by atoms with van der Waals surface area (Å²) in [6.07, 6.45) is 0. The number of benzene rings is 4. The predicted octanol–water partition coefficient (Wildman–Crippen LogP) is 4.15. The third-order valence-corrected chi connectivity index (χ3v) is 9.20. The fourth-order valence-electron chi connectivity index (χ4n) is 5.45. The van der Waals surface area contributed by atoms with Crippen LogP contribution in [0.3, 0.4) is 0 Å². The first-order valence-electron chi connectivity index (χ1n) is 15.8. The van der Waals surface area contributed by atoms with Gasteiger partial charge in [0.2, 0.25) is 5.91 Å². The molecule has 1 aliphatic rings. The van der Waals surface area contributed by atoms with E-state index in [1.54, 1.807) is 48.3 Å². The SMILES string of the molecule is COC(=O)c1ccc2c(C(=Nc3ccc(N(C)C(=O)CN4CCN(C)CC4)cc3)c3ccccc3)c(O)[nH]c2c1.O.O=S(=O)(O)c1ccccc1. The number of aromatic nitrogens is 1. The lowest BCUT2D eigenvalue weighted by Crippen LogP contribution is -2.48. The van der Waals surface area contributed by atoms with E-state index in [1.807, 2.05) is 54.6 Å². The molecule has 0 bridgehead atoms. The van der Waals surface area contributed by atoms with Gasteiger partial charge in [-0.2, -0.15) is 8.42 Å². The van der Waals surface area contributed by atoms with Crippen LogP contribution in [-0.4, -0.2) is 110 Å². The Hall–Kier alpha value is -5.38. The van der Waals surface area contributed by atoms with Crippen LogP contribution >= 0.6 is 0 Å². The van der Waals surface area contributed by atoms with Crippen molar-refractivity contribution < 1.29 is 37.9 Å². The molecule has 5 aromatic rings. The molecule has 0 aliphatic carbocycles. The van der Waals surface area contributed by atoms with Crippen LogP contribution < -0.4 is 4.90 Å². The van der Waals surface area contributed by atoms with E-state index in [1.165, 1.54) is 19.2 Å². The van der Waals surface area contributed by atoms with E-state index in [0.29, 0.717) is 34.6 Å². The Balaban J connectivity index is 0.000000458. The lowest BCUT2D eigenvalue weighted by atomic mass is 10.00. The van der Waals surface area contributed by atoms with E-state index in [-0.39, 0.29) is 22.2 Å². The number of rotatable bonds is 8. The smallest absolute Gasteiger partial charge is 0.337 e. The third kappa shape index (κ3) is 9.66. The number of aliphatic imine (C=N–C) groups is 1. The Kier molecular flexibility index (Phi) is 12.8. The number of likely N-dealkylation sites (N-methyl/N-ethyl adjacent to an activating group) is 2. The molecule has 6 rings (SSSR count). The Labute approximate surface area is 296 Å². The van der Waals surface area contributed by atoms with Crippen molar-refractivity contribution in [2.24, 2.45) is 4.99 Å². The zero-order chi connectivity index (χ0) is 35.8. The number of aromatic amines is 1. The maximum absolute atomic E-state index is 12.9. The number of ether oxygens (including phenoxy) is 1. The summed E-state index contributed by atoms with van der Waals surface area (Å²) in [7, 11) is 1.21. The fraction of sp³-hybridized carbons (Fsp3) is 0.216. The molecular formula is C37H41N5O8S. The number of piperazine rings is 1. The van der Waals surface area contributed by atoms with Gasteiger partial charge in [-0.25, -0.2) is 9.79 Å². The minimum absolute atomic E-state index is 0. The van der Waals surface area contributed by atoms with Crippen LogP contribution in [-0.2, 0) is 19.6 Å². The first-order valence-corrected chi connectivity index (χ1v) is 17.3. The van der Waals surface area contributed by atoms with Gasteiger partial charge in [-0.1, -0.05) is 54.6 Å². The van der Waals surface area contributed by atoms with Crippen molar-refractivity contribution in [1.29, 1.82) is 0 Å². The van der Waals surface area contributed by atoms with Gasteiger partial charge in [-0.15, -0.1) is 0 Å². The molecular weight excluding hydrogens is 675 g/mol. The van der Waals surface area contributed by atoms with E-state index in [2.05, 4.69) is 21.8 Å². The second-order valence-corrected chi connectivity index (χ2v) is 13.2. The standard InChI is InChI=1S/C31H33N5O4.C6H6O3S.H2O/c1-34-15-17-36(18-16-34)20-27(37)35(2)24-12-10-23(11-13-24)32-29(21-7-5-4-6-8-21)28-25-14-9-22(31(39)40-3)19-26(25)33-30(28)38;7-10(8,9)6-4-2-1-3-5-6;/h4-14,19,33,38H,15-18,20H2,1-3H3;1-5H,(H,7,8,9);1H2. The molecule has 5 N–H and O–H groups in total. The molecule has 0 spiro atoms. The van der Waals surface area contributed by atoms with E-state index in [4.69, 9.17) is 14.3 Å². The van der Waals surface area contributed by atoms with E-state index in [0.717, 1.165) is 42.8 Å². The second-order valence-electron chi connectivity index (χ2n) is 11.8. The summed E-state index contributed by atoms with van der Waals surface area (Å²) in [5, 5.41) is 11.7. The number of nitrogens with one attached hydrogen (secondary N) is 1. The molecule has 0 saturated carbocycles. The van der Waals surface area contributed by atoms with Gasteiger partial charge in [0.15, 0.2) is 5.88 Å². The maximum Gasteiger partial charge on any atom is 0.337 e. The van der Waals surface area contributed by atoms with Crippen LogP contribution in [0, 0.1) is 0 Å². The second kappa shape index (κ2) is 17.0. The molecule has 13 nitrogen and oxygen atoms in total. The number of methoxy groups -OCH3 is 1. The average Bonchev–Trinajstić information content (AvgIpc) is 3.46. The zero-order valence-corrected chi connectivity index (χ0v) is 29.3. The molecule has 268 valence electrons. The molecule has 14 heteroatoms. The van der Waals surface area contributed by atoms with Crippen LogP contribution in [0.1, 0.15) is 21.5 Å². The van der Waals surface area contributed by atoms with Gasteiger partial charge in [0.1, 0.15) is 0 Å². The van der Waals surface area contributed by atoms with Gasteiger partial charge in [0.05, 0.1) is 41.1 Å². The fourth-order valence-corrected chi connectivity index (χ4v) is 5.95. The number of H-pyrrole nitrogens is 1. The van der Waals surface area contributed by atoms with Crippen molar-refractivity contribution in [3.05, 3.63) is 120 Å². The highest BCUT2D eigenvalue weighted by Gasteiger charge is 2.21. The summed E-state index contributed by atoms with van der Waals surface area (Å²) in [5.74, 6) is -0.465. The van der Waals surface area contributed by atoms with Gasteiger partial charge < -0.3 is 30.1 Å². The van der Waals surface area contributed by atoms with E-state index in [9.17, 15) is 23.1 Å².